The van der Waals surface area contributed by atoms with Crippen LogP contribution in [0.4, 0.5) is 5.69 Å². The van der Waals surface area contributed by atoms with Crippen LogP contribution in [-0.4, -0.2) is 19.2 Å². The Morgan fingerprint density at radius 2 is 2.12 bits per heavy atom. The first kappa shape index (κ1) is 11.0. The molecular weight excluding hydrogens is 202 g/mol. The normalized spacial score (nSPS) is 14.6. The minimum atomic E-state index is -0.206. The maximum Gasteiger partial charge on any atom is 0.341 e. The average molecular weight is 219 g/mol. The first-order valence-corrected chi connectivity index (χ1v) is 5.84. The van der Waals surface area contributed by atoms with Crippen LogP contribution in [0.2, 0.25) is 0 Å². The number of rotatable bonds is 4. The predicted molar refractivity (Wildman–Crippen MR) is 63.6 cm³/mol. The number of fused-ring (bicyclic) bond motifs is 1. The Kier molecular flexibility index (Phi) is 3.44. The molecule has 0 atom stereocenters. The number of benzene rings is 1. The molecule has 0 fully saturated rings. The van der Waals surface area contributed by atoms with Crippen LogP contribution in [0.1, 0.15) is 36.5 Å². The highest BCUT2D eigenvalue weighted by Crippen LogP contribution is 2.25. The van der Waals surface area contributed by atoms with E-state index in [4.69, 9.17) is 4.74 Å². The zero-order valence-corrected chi connectivity index (χ0v) is 9.61. The summed E-state index contributed by atoms with van der Waals surface area (Å²) in [6, 6.07) is 7.64. The van der Waals surface area contributed by atoms with E-state index in [-0.39, 0.29) is 5.97 Å². The molecule has 0 aliphatic carbocycles. The van der Waals surface area contributed by atoms with E-state index in [0.29, 0.717) is 12.3 Å². The van der Waals surface area contributed by atoms with E-state index in [0.717, 1.165) is 18.7 Å². The van der Waals surface area contributed by atoms with E-state index < -0.39 is 0 Å². The molecule has 1 aliphatic rings. The lowest BCUT2D eigenvalue weighted by molar-refractivity contribution is 0.0480. The number of carbonyl (C=O) groups excluding carboxylic acids is 1. The summed E-state index contributed by atoms with van der Waals surface area (Å²) < 4.78 is 5.13. The minimum Gasteiger partial charge on any atom is -0.441 e. The molecule has 0 amide bonds. The number of hydrogen-bond donors (Lipinski definition) is 0. The molecule has 1 aliphatic heterocycles. The van der Waals surface area contributed by atoms with Crippen molar-refractivity contribution in [3.05, 3.63) is 29.8 Å². The summed E-state index contributed by atoms with van der Waals surface area (Å²) in [5.41, 5.74) is 1.69. The van der Waals surface area contributed by atoms with E-state index in [2.05, 4.69) is 11.8 Å². The van der Waals surface area contributed by atoms with Gasteiger partial charge in [-0.1, -0.05) is 31.9 Å². The minimum absolute atomic E-state index is 0.206. The summed E-state index contributed by atoms with van der Waals surface area (Å²) >= 11 is 0. The SMILES string of the molecule is CCCCCN1COC(=O)c2ccccc21. The molecule has 16 heavy (non-hydrogen) atoms. The van der Waals surface area contributed by atoms with Crippen LogP contribution >= 0.6 is 0 Å². The van der Waals surface area contributed by atoms with E-state index in [9.17, 15) is 4.79 Å². The molecule has 2 rings (SSSR count). The molecule has 86 valence electrons. The van der Waals surface area contributed by atoms with Crippen molar-refractivity contribution in [3.63, 3.8) is 0 Å². The van der Waals surface area contributed by atoms with Gasteiger partial charge in [-0.2, -0.15) is 0 Å². The number of hydrogen-bond acceptors (Lipinski definition) is 3. The molecule has 3 nitrogen and oxygen atoms in total. The maximum atomic E-state index is 11.5. The third kappa shape index (κ3) is 2.18. The Hall–Kier alpha value is -1.51. The molecule has 1 aromatic carbocycles. The summed E-state index contributed by atoms with van der Waals surface area (Å²) in [5.74, 6) is -0.206. The second kappa shape index (κ2) is 5.01. The van der Waals surface area contributed by atoms with Crippen LogP contribution in [0, 0.1) is 0 Å². The monoisotopic (exact) mass is 219 g/mol. The summed E-state index contributed by atoms with van der Waals surface area (Å²) in [4.78, 5) is 13.6. The quantitative estimate of drug-likeness (QED) is 0.576. The fraction of sp³-hybridized carbons (Fsp3) is 0.462. The molecule has 0 bridgehead atoms. The van der Waals surface area contributed by atoms with Crippen LogP contribution in [0.25, 0.3) is 0 Å². The second-order valence-corrected chi connectivity index (χ2v) is 4.05. The lowest BCUT2D eigenvalue weighted by atomic mass is 10.1. The zero-order chi connectivity index (χ0) is 11.4. The van der Waals surface area contributed by atoms with E-state index in [1.54, 1.807) is 0 Å². The van der Waals surface area contributed by atoms with Gasteiger partial charge in [0.1, 0.15) is 0 Å². The van der Waals surface area contributed by atoms with Crippen molar-refractivity contribution in [3.8, 4) is 0 Å². The van der Waals surface area contributed by atoms with Gasteiger partial charge in [0.05, 0.1) is 11.3 Å². The summed E-state index contributed by atoms with van der Waals surface area (Å²) in [7, 11) is 0. The van der Waals surface area contributed by atoms with Gasteiger partial charge in [-0.25, -0.2) is 4.79 Å². The van der Waals surface area contributed by atoms with Crippen LogP contribution in [0.3, 0.4) is 0 Å². The summed E-state index contributed by atoms with van der Waals surface area (Å²) in [6.07, 6.45) is 3.56. The van der Waals surface area contributed by atoms with Gasteiger partial charge in [-0.05, 0) is 18.6 Å². The van der Waals surface area contributed by atoms with Crippen LogP contribution in [0.5, 0.6) is 0 Å². The number of anilines is 1. The molecule has 1 heterocycles. The highest BCUT2D eigenvalue weighted by Gasteiger charge is 2.22. The number of ether oxygens (including phenoxy) is 1. The molecule has 0 spiro atoms. The van der Waals surface area contributed by atoms with Gasteiger partial charge in [-0.3, -0.25) is 0 Å². The molecule has 0 saturated carbocycles. The number of cyclic esters (lactones) is 1. The van der Waals surface area contributed by atoms with Crippen molar-refractivity contribution in [2.75, 3.05) is 18.2 Å². The molecule has 0 N–H and O–H groups in total. The topological polar surface area (TPSA) is 29.5 Å². The van der Waals surface area contributed by atoms with Gasteiger partial charge in [0, 0.05) is 6.54 Å². The van der Waals surface area contributed by atoms with Crippen LogP contribution in [-0.2, 0) is 4.74 Å². The van der Waals surface area contributed by atoms with E-state index >= 15 is 0 Å². The number of para-hydroxylation sites is 1. The van der Waals surface area contributed by atoms with Crippen molar-refractivity contribution in [2.45, 2.75) is 26.2 Å². The highest BCUT2D eigenvalue weighted by molar-refractivity contribution is 5.97. The van der Waals surface area contributed by atoms with E-state index in [1.807, 2.05) is 24.3 Å². The first-order valence-electron chi connectivity index (χ1n) is 5.84. The van der Waals surface area contributed by atoms with Crippen molar-refractivity contribution in [2.24, 2.45) is 0 Å². The highest BCUT2D eigenvalue weighted by atomic mass is 16.5. The largest absolute Gasteiger partial charge is 0.441 e. The Bertz CT molecular complexity index is 376. The number of unbranched alkanes of at least 4 members (excludes halogenated alkanes) is 2. The molecular formula is C13H17NO2. The van der Waals surface area contributed by atoms with Crippen molar-refractivity contribution in [1.82, 2.24) is 0 Å². The maximum absolute atomic E-state index is 11.5. The third-order valence-corrected chi connectivity index (χ3v) is 2.85. The molecule has 1 aromatic rings. The average Bonchev–Trinajstić information content (AvgIpc) is 2.33. The Morgan fingerprint density at radius 1 is 1.31 bits per heavy atom. The molecule has 0 aromatic heterocycles. The summed E-state index contributed by atoms with van der Waals surface area (Å²) in [5, 5.41) is 0. The van der Waals surface area contributed by atoms with Gasteiger partial charge >= 0.3 is 5.97 Å². The van der Waals surface area contributed by atoms with E-state index in [1.165, 1.54) is 12.8 Å². The van der Waals surface area contributed by atoms with Crippen molar-refractivity contribution >= 4 is 11.7 Å². The smallest absolute Gasteiger partial charge is 0.341 e. The van der Waals surface area contributed by atoms with Crippen LogP contribution < -0.4 is 4.90 Å². The number of carbonyl (C=O) groups is 1. The van der Waals surface area contributed by atoms with Gasteiger partial charge in [-0.15, -0.1) is 0 Å². The van der Waals surface area contributed by atoms with Crippen LogP contribution in [0.15, 0.2) is 24.3 Å². The molecule has 3 heteroatoms. The number of esters is 1. The fourth-order valence-electron chi connectivity index (χ4n) is 1.94. The van der Waals surface area contributed by atoms with Crippen molar-refractivity contribution < 1.29 is 9.53 Å². The lowest BCUT2D eigenvalue weighted by Crippen LogP contribution is -2.34. The second-order valence-electron chi connectivity index (χ2n) is 4.05. The standard InChI is InChI=1S/C13H17NO2/c1-2-3-6-9-14-10-16-13(15)11-7-4-5-8-12(11)14/h4-5,7-8H,2-3,6,9-10H2,1H3. The molecule has 0 radical (unpaired) electrons. The Labute approximate surface area is 96.0 Å². The van der Waals surface area contributed by atoms with Crippen molar-refractivity contribution in [1.29, 1.82) is 0 Å². The lowest BCUT2D eigenvalue weighted by Gasteiger charge is -2.30. The van der Waals surface area contributed by atoms with Gasteiger partial charge in [0.15, 0.2) is 6.73 Å². The van der Waals surface area contributed by atoms with Gasteiger partial charge in [0.2, 0.25) is 0 Å². The summed E-state index contributed by atoms with van der Waals surface area (Å²) in [6.45, 7) is 3.53. The Balaban J connectivity index is 2.12. The molecule has 0 unspecified atom stereocenters. The molecule has 0 saturated heterocycles. The Morgan fingerprint density at radius 3 is 2.94 bits per heavy atom. The van der Waals surface area contributed by atoms with Gasteiger partial charge < -0.3 is 9.64 Å². The zero-order valence-electron chi connectivity index (χ0n) is 9.61. The predicted octanol–water partition coefficient (Wildman–Crippen LogP) is 2.81. The fourth-order valence-corrected chi connectivity index (χ4v) is 1.94. The third-order valence-electron chi connectivity index (χ3n) is 2.85. The number of nitrogens with zero attached hydrogens (tertiary/aromatic N) is 1. The van der Waals surface area contributed by atoms with Gasteiger partial charge in [0.25, 0.3) is 0 Å². The first-order chi connectivity index (χ1) is 7.83.